The van der Waals surface area contributed by atoms with Crippen molar-refractivity contribution < 1.29 is 13.8 Å². The molecule has 1 aromatic heterocycles. The molecular formula is C19H29N4O5P. The maximum absolute atomic E-state index is 12.1. The van der Waals surface area contributed by atoms with E-state index in [4.69, 9.17) is 19.0 Å². The first-order chi connectivity index (χ1) is 13.7. The molecule has 5 atom stereocenters. The van der Waals surface area contributed by atoms with E-state index >= 15 is 0 Å². The highest BCUT2D eigenvalue weighted by atomic mass is 31.2. The van der Waals surface area contributed by atoms with E-state index in [-0.39, 0.29) is 35.8 Å². The molecule has 10 heteroatoms. The lowest BCUT2D eigenvalue weighted by Crippen LogP contribution is -2.35. The summed E-state index contributed by atoms with van der Waals surface area (Å²) >= 11 is 0. The van der Waals surface area contributed by atoms with E-state index in [2.05, 4.69) is 43.4 Å². The number of aryl methyl sites for hydroxylation is 1. The molecule has 1 aromatic rings. The number of fused-ring (bicyclic) bond motifs is 1. The minimum atomic E-state index is -1.31. The molecule has 9 nitrogen and oxygen atoms in total. The summed E-state index contributed by atoms with van der Waals surface area (Å²) in [6, 6.07) is 2.56. The Morgan fingerprint density at radius 2 is 2.07 bits per heavy atom. The van der Waals surface area contributed by atoms with Crippen LogP contribution in [-0.2, 0) is 13.8 Å². The first-order valence-electron chi connectivity index (χ1n) is 9.97. The van der Waals surface area contributed by atoms with Gasteiger partial charge in [0, 0.05) is 36.2 Å². The highest BCUT2D eigenvalue weighted by molar-refractivity contribution is 7.44. The van der Waals surface area contributed by atoms with E-state index in [9.17, 15) is 9.59 Å². The number of nitrogens with zero attached hydrogens (tertiary/aromatic N) is 3. The van der Waals surface area contributed by atoms with Crippen molar-refractivity contribution >= 4 is 8.53 Å². The number of nitrogens with one attached hydrogen (secondary N) is 1. The largest absolute Gasteiger partial charge is 0.351 e. The number of nitriles is 1. The minimum absolute atomic E-state index is 0.0843. The first kappa shape index (κ1) is 22.1. The fourth-order valence-corrected chi connectivity index (χ4v) is 5.53. The molecule has 1 saturated carbocycles. The van der Waals surface area contributed by atoms with Gasteiger partial charge in [-0.05, 0) is 34.6 Å². The van der Waals surface area contributed by atoms with E-state index < -0.39 is 20.4 Å². The highest BCUT2D eigenvalue weighted by Crippen LogP contribution is 2.58. The van der Waals surface area contributed by atoms with Crippen LogP contribution in [0.4, 0.5) is 0 Å². The molecule has 1 aliphatic heterocycles. The topological polar surface area (TPSA) is 110 Å². The van der Waals surface area contributed by atoms with Gasteiger partial charge in [0.25, 0.3) is 14.1 Å². The lowest BCUT2D eigenvalue weighted by Gasteiger charge is -2.36. The molecule has 29 heavy (non-hydrogen) atoms. The predicted molar refractivity (Wildman–Crippen MR) is 108 cm³/mol. The standard InChI is InChI=1S/C19H29N4O5P/c1-11(2)23(12(3)4)29(26-8-6-7-20)28-17-14-9-15(27-16(14)17)22-10-13(5)18(24)21-19(22)25/h10-12,14-17H,6,8-9H2,1-5H3,(H,21,24,25)/t14?,15-,16+,17?,29?/m1/s1. The third-order valence-corrected chi connectivity index (χ3v) is 7.27. The summed E-state index contributed by atoms with van der Waals surface area (Å²) in [4.78, 5) is 26.0. The minimum Gasteiger partial charge on any atom is -0.351 e. The number of hydrogen-bond acceptors (Lipinski definition) is 7. The zero-order valence-corrected chi connectivity index (χ0v) is 18.4. The van der Waals surface area contributed by atoms with Gasteiger partial charge in [0.2, 0.25) is 0 Å². The maximum atomic E-state index is 12.1. The van der Waals surface area contributed by atoms with Crippen molar-refractivity contribution in [2.24, 2.45) is 5.92 Å². The normalized spacial score (nSPS) is 26.7. The Labute approximate surface area is 171 Å². The maximum Gasteiger partial charge on any atom is 0.330 e. The predicted octanol–water partition coefficient (Wildman–Crippen LogP) is 2.42. The number of ether oxygens (including phenoxy) is 1. The average molecular weight is 424 g/mol. The van der Waals surface area contributed by atoms with Crippen molar-refractivity contribution in [3.05, 3.63) is 32.6 Å². The van der Waals surface area contributed by atoms with Crippen LogP contribution in [0.1, 0.15) is 52.3 Å². The first-order valence-corrected chi connectivity index (χ1v) is 11.1. The molecule has 1 N–H and O–H groups in total. The number of hydrogen-bond donors (Lipinski definition) is 1. The Kier molecular flexibility index (Phi) is 6.92. The van der Waals surface area contributed by atoms with Crippen LogP contribution < -0.4 is 11.2 Å². The monoisotopic (exact) mass is 424 g/mol. The van der Waals surface area contributed by atoms with E-state index in [1.54, 1.807) is 13.1 Å². The quantitative estimate of drug-likeness (QED) is 0.479. The molecule has 0 radical (unpaired) electrons. The zero-order chi connectivity index (χ0) is 21.3. The van der Waals surface area contributed by atoms with Crippen LogP contribution in [-0.4, -0.2) is 45.1 Å². The average Bonchev–Trinajstić information content (AvgIpc) is 3.07. The van der Waals surface area contributed by atoms with Crippen LogP contribution in [0.2, 0.25) is 0 Å². The number of H-pyrrole nitrogens is 1. The van der Waals surface area contributed by atoms with Gasteiger partial charge in [-0.15, -0.1) is 0 Å². The molecule has 0 aromatic carbocycles. The zero-order valence-electron chi connectivity index (χ0n) is 17.5. The third-order valence-electron chi connectivity index (χ3n) is 5.15. The molecule has 2 fully saturated rings. The van der Waals surface area contributed by atoms with Gasteiger partial charge in [0.05, 0.1) is 31.3 Å². The second-order valence-corrected chi connectivity index (χ2v) is 9.46. The molecule has 160 valence electrons. The number of aromatic nitrogens is 2. The molecule has 0 spiro atoms. The van der Waals surface area contributed by atoms with Crippen LogP contribution in [0.3, 0.4) is 0 Å². The van der Waals surface area contributed by atoms with Crippen LogP contribution in [0.25, 0.3) is 0 Å². The Morgan fingerprint density at radius 3 is 2.62 bits per heavy atom. The van der Waals surface area contributed by atoms with E-state index in [1.165, 1.54) is 4.57 Å². The lowest BCUT2D eigenvalue weighted by atomic mass is 10.2. The molecule has 2 heterocycles. The van der Waals surface area contributed by atoms with Crippen molar-refractivity contribution in [1.29, 1.82) is 5.26 Å². The Balaban J connectivity index is 1.65. The molecule has 0 amide bonds. The van der Waals surface area contributed by atoms with Gasteiger partial charge >= 0.3 is 5.69 Å². The summed E-state index contributed by atoms with van der Waals surface area (Å²) < 4.78 is 21.9. The summed E-state index contributed by atoms with van der Waals surface area (Å²) in [5, 5.41) is 8.81. The number of rotatable bonds is 9. The summed E-state index contributed by atoms with van der Waals surface area (Å²) in [6.45, 7) is 10.4. The Morgan fingerprint density at radius 1 is 1.38 bits per heavy atom. The van der Waals surface area contributed by atoms with Gasteiger partial charge in [-0.2, -0.15) is 5.26 Å². The van der Waals surface area contributed by atoms with Crippen molar-refractivity contribution in [2.75, 3.05) is 6.61 Å². The van der Waals surface area contributed by atoms with Crippen LogP contribution in [0.15, 0.2) is 15.8 Å². The Bertz CT molecular complexity index is 857. The summed E-state index contributed by atoms with van der Waals surface area (Å²) in [5.41, 5.74) is -0.365. The van der Waals surface area contributed by atoms with Gasteiger partial charge in [-0.25, -0.2) is 9.46 Å². The van der Waals surface area contributed by atoms with E-state index in [0.29, 0.717) is 25.0 Å². The SMILES string of the molecule is Cc1cn([C@H]2CC3C(OP(OCCC#N)N(C(C)C)C(C)C)[C@H]3O2)c(=O)[nH]c1=O. The second-order valence-electron chi connectivity index (χ2n) is 8.05. The molecule has 3 rings (SSSR count). The second kappa shape index (κ2) is 9.07. The van der Waals surface area contributed by atoms with E-state index in [0.717, 1.165) is 0 Å². The molecule has 0 bridgehead atoms. The van der Waals surface area contributed by atoms with Gasteiger partial charge in [0.1, 0.15) is 6.23 Å². The smallest absolute Gasteiger partial charge is 0.330 e. The molecular weight excluding hydrogens is 395 g/mol. The molecule has 2 aliphatic rings. The fraction of sp³-hybridized carbons (Fsp3) is 0.737. The van der Waals surface area contributed by atoms with Gasteiger partial charge < -0.3 is 13.8 Å². The fourth-order valence-electron chi connectivity index (χ4n) is 3.74. The van der Waals surface area contributed by atoms with Gasteiger partial charge in [0.15, 0.2) is 0 Å². The lowest BCUT2D eigenvalue weighted by molar-refractivity contribution is -0.00974. The number of aromatic amines is 1. The molecule has 1 aliphatic carbocycles. The third kappa shape index (κ3) is 4.79. The van der Waals surface area contributed by atoms with Gasteiger partial charge in [-0.3, -0.25) is 14.3 Å². The molecule has 1 saturated heterocycles. The van der Waals surface area contributed by atoms with Gasteiger partial charge in [-0.1, -0.05) is 0 Å². The highest BCUT2D eigenvalue weighted by Gasteiger charge is 2.61. The summed E-state index contributed by atoms with van der Waals surface area (Å²) in [6.07, 6.45) is 1.93. The van der Waals surface area contributed by atoms with Crippen LogP contribution in [0.5, 0.6) is 0 Å². The van der Waals surface area contributed by atoms with Crippen molar-refractivity contribution in [1.82, 2.24) is 14.2 Å². The van der Waals surface area contributed by atoms with E-state index in [1.807, 2.05) is 0 Å². The Hall–Kier alpha value is -1.56. The van der Waals surface area contributed by atoms with Crippen LogP contribution >= 0.6 is 8.53 Å². The van der Waals surface area contributed by atoms with Crippen LogP contribution in [0, 0.1) is 24.2 Å². The molecule has 3 unspecified atom stereocenters. The summed E-state index contributed by atoms with van der Waals surface area (Å²) in [5.74, 6) is 0.185. The van der Waals surface area contributed by atoms with Crippen molar-refractivity contribution in [3.8, 4) is 6.07 Å². The van der Waals surface area contributed by atoms with Crippen molar-refractivity contribution in [3.63, 3.8) is 0 Å². The van der Waals surface area contributed by atoms with Crippen molar-refractivity contribution in [2.45, 2.75) is 78.0 Å². The summed E-state index contributed by atoms with van der Waals surface area (Å²) in [7, 11) is -1.31.